The average Bonchev–Trinajstić information content (AvgIpc) is 2.91. The van der Waals surface area contributed by atoms with Gasteiger partial charge in [-0.25, -0.2) is 0 Å². The fourth-order valence-corrected chi connectivity index (χ4v) is 2.28. The van der Waals surface area contributed by atoms with E-state index in [0.717, 1.165) is 12.3 Å². The fourth-order valence-electron chi connectivity index (χ4n) is 2.28. The number of hydrogen-bond acceptors (Lipinski definition) is 3. The van der Waals surface area contributed by atoms with Crippen molar-refractivity contribution >= 4 is 0 Å². The topological polar surface area (TPSA) is 39.1 Å². The second-order valence-corrected chi connectivity index (χ2v) is 4.76. The maximum absolute atomic E-state index is 5.40. The quantitative estimate of drug-likeness (QED) is 0.866. The first kappa shape index (κ1) is 13.6. The molecule has 1 heterocycles. The average molecular weight is 259 g/mol. The molecule has 2 atom stereocenters. The van der Waals surface area contributed by atoms with Crippen molar-refractivity contribution in [2.75, 3.05) is 7.11 Å². The van der Waals surface area contributed by atoms with Crippen LogP contribution in [-0.4, -0.2) is 22.9 Å². The normalized spacial score (nSPS) is 14.1. The van der Waals surface area contributed by atoms with Crippen LogP contribution in [0.4, 0.5) is 0 Å². The molecule has 2 unspecified atom stereocenters. The van der Waals surface area contributed by atoms with Crippen molar-refractivity contribution < 1.29 is 4.74 Å². The molecule has 0 saturated carbocycles. The Balaban J connectivity index is 1.98. The van der Waals surface area contributed by atoms with Crippen LogP contribution in [0, 0.1) is 0 Å². The molecule has 0 aliphatic rings. The lowest BCUT2D eigenvalue weighted by molar-refractivity contribution is 0.382. The van der Waals surface area contributed by atoms with Crippen LogP contribution in [0.3, 0.4) is 0 Å². The summed E-state index contributed by atoms with van der Waals surface area (Å²) in [6.07, 6.45) is 3.78. The van der Waals surface area contributed by atoms with Crippen LogP contribution in [0.1, 0.15) is 25.5 Å². The summed E-state index contributed by atoms with van der Waals surface area (Å²) in [5.41, 5.74) is 1.18. The Morgan fingerprint density at radius 2 is 2.05 bits per heavy atom. The molecule has 0 fully saturated rings. The first-order valence-electron chi connectivity index (χ1n) is 6.57. The van der Waals surface area contributed by atoms with Gasteiger partial charge >= 0.3 is 0 Å². The Labute approximate surface area is 114 Å². The molecule has 4 nitrogen and oxygen atoms in total. The van der Waals surface area contributed by atoms with Crippen molar-refractivity contribution in [3.8, 4) is 5.75 Å². The summed E-state index contributed by atoms with van der Waals surface area (Å²) in [6.45, 7) is 5.16. The van der Waals surface area contributed by atoms with Crippen molar-refractivity contribution in [1.82, 2.24) is 15.1 Å². The van der Waals surface area contributed by atoms with E-state index in [1.807, 2.05) is 35.1 Å². The molecule has 0 bridgehead atoms. The molecule has 1 aromatic carbocycles. The monoisotopic (exact) mass is 259 g/mol. The van der Waals surface area contributed by atoms with Crippen molar-refractivity contribution in [1.29, 1.82) is 0 Å². The van der Waals surface area contributed by atoms with Gasteiger partial charge in [0.2, 0.25) is 0 Å². The largest absolute Gasteiger partial charge is 0.496 e. The molecule has 0 amide bonds. The summed E-state index contributed by atoms with van der Waals surface area (Å²) >= 11 is 0. The smallest absolute Gasteiger partial charge is 0.123 e. The highest BCUT2D eigenvalue weighted by Gasteiger charge is 2.13. The van der Waals surface area contributed by atoms with Crippen LogP contribution in [0.5, 0.6) is 5.75 Å². The highest BCUT2D eigenvalue weighted by molar-refractivity contribution is 5.35. The number of rotatable bonds is 6. The fraction of sp³-hybridized carbons (Fsp3) is 0.400. The molecule has 19 heavy (non-hydrogen) atoms. The number of nitrogens with zero attached hydrogens (tertiary/aromatic N) is 2. The third kappa shape index (κ3) is 3.58. The van der Waals surface area contributed by atoms with Gasteiger partial charge in [-0.3, -0.25) is 4.68 Å². The zero-order valence-electron chi connectivity index (χ0n) is 11.7. The van der Waals surface area contributed by atoms with Gasteiger partial charge in [0, 0.05) is 30.0 Å². The van der Waals surface area contributed by atoms with Crippen molar-refractivity contribution in [2.24, 2.45) is 0 Å². The molecule has 0 aliphatic carbocycles. The van der Waals surface area contributed by atoms with E-state index in [2.05, 4.69) is 30.3 Å². The van der Waals surface area contributed by atoms with E-state index in [4.69, 9.17) is 4.74 Å². The lowest BCUT2D eigenvalue weighted by Gasteiger charge is -2.22. The van der Waals surface area contributed by atoms with Gasteiger partial charge in [-0.2, -0.15) is 5.10 Å². The van der Waals surface area contributed by atoms with E-state index in [1.165, 1.54) is 5.56 Å². The second-order valence-electron chi connectivity index (χ2n) is 4.76. The molecule has 0 spiro atoms. The molecule has 4 heteroatoms. The Morgan fingerprint density at radius 1 is 1.26 bits per heavy atom. The standard InChI is InChI=1S/C15H21N3O/c1-12(11-18-10-6-9-16-18)17-13(2)14-7-4-5-8-15(14)19-3/h4-10,12-13,17H,11H2,1-3H3. The number of benzene rings is 1. The van der Waals surface area contributed by atoms with E-state index >= 15 is 0 Å². The Morgan fingerprint density at radius 3 is 2.74 bits per heavy atom. The van der Waals surface area contributed by atoms with Gasteiger partial charge in [-0.15, -0.1) is 0 Å². The molecular weight excluding hydrogens is 238 g/mol. The summed E-state index contributed by atoms with van der Waals surface area (Å²) in [6, 6.07) is 10.6. The van der Waals surface area contributed by atoms with Gasteiger partial charge < -0.3 is 10.1 Å². The lowest BCUT2D eigenvalue weighted by Crippen LogP contribution is -2.33. The third-order valence-corrected chi connectivity index (χ3v) is 3.16. The predicted octanol–water partition coefficient (Wildman–Crippen LogP) is 2.63. The van der Waals surface area contributed by atoms with Gasteiger partial charge in [0.25, 0.3) is 0 Å². The summed E-state index contributed by atoms with van der Waals surface area (Å²) in [5, 5.41) is 7.79. The summed E-state index contributed by atoms with van der Waals surface area (Å²) in [4.78, 5) is 0. The number of nitrogens with one attached hydrogen (secondary N) is 1. The van der Waals surface area contributed by atoms with Crippen LogP contribution in [0.2, 0.25) is 0 Å². The lowest BCUT2D eigenvalue weighted by atomic mass is 10.1. The second kappa shape index (κ2) is 6.38. The molecule has 2 aromatic rings. The molecule has 0 aliphatic heterocycles. The SMILES string of the molecule is COc1ccccc1C(C)NC(C)Cn1cccn1. The Bertz CT molecular complexity index is 496. The molecule has 1 aromatic heterocycles. The molecule has 0 radical (unpaired) electrons. The predicted molar refractivity (Wildman–Crippen MR) is 76.2 cm³/mol. The minimum Gasteiger partial charge on any atom is -0.496 e. The van der Waals surface area contributed by atoms with Crippen LogP contribution < -0.4 is 10.1 Å². The van der Waals surface area contributed by atoms with Crippen LogP contribution in [0.15, 0.2) is 42.7 Å². The zero-order valence-corrected chi connectivity index (χ0v) is 11.7. The minimum absolute atomic E-state index is 0.238. The van der Waals surface area contributed by atoms with Crippen molar-refractivity contribution in [2.45, 2.75) is 32.5 Å². The molecular formula is C15H21N3O. The van der Waals surface area contributed by atoms with E-state index in [9.17, 15) is 0 Å². The van der Waals surface area contributed by atoms with E-state index in [-0.39, 0.29) is 6.04 Å². The maximum atomic E-state index is 5.40. The Kier molecular flexibility index (Phi) is 4.58. The van der Waals surface area contributed by atoms with Crippen molar-refractivity contribution in [3.63, 3.8) is 0 Å². The van der Waals surface area contributed by atoms with Gasteiger partial charge in [0.1, 0.15) is 5.75 Å². The van der Waals surface area contributed by atoms with Crippen molar-refractivity contribution in [3.05, 3.63) is 48.3 Å². The van der Waals surface area contributed by atoms with Gasteiger partial charge in [0.05, 0.1) is 13.7 Å². The van der Waals surface area contributed by atoms with Crippen LogP contribution in [-0.2, 0) is 6.54 Å². The molecule has 0 saturated heterocycles. The summed E-state index contributed by atoms with van der Waals surface area (Å²) < 4.78 is 7.33. The number of para-hydroxylation sites is 1. The molecule has 2 rings (SSSR count). The molecule has 1 N–H and O–H groups in total. The number of aromatic nitrogens is 2. The van der Waals surface area contributed by atoms with Gasteiger partial charge in [-0.1, -0.05) is 18.2 Å². The third-order valence-electron chi connectivity index (χ3n) is 3.16. The first-order chi connectivity index (χ1) is 9.20. The number of ether oxygens (including phenoxy) is 1. The van der Waals surface area contributed by atoms with Gasteiger partial charge in [0.15, 0.2) is 0 Å². The highest BCUT2D eigenvalue weighted by Crippen LogP contribution is 2.24. The van der Waals surface area contributed by atoms with Gasteiger partial charge in [-0.05, 0) is 26.0 Å². The van der Waals surface area contributed by atoms with E-state index < -0.39 is 0 Å². The zero-order chi connectivity index (χ0) is 13.7. The van der Waals surface area contributed by atoms with E-state index in [1.54, 1.807) is 13.3 Å². The van der Waals surface area contributed by atoms with Crippen LogP contribution in [0.25, 0.3) is 0 Å². The van der Waals surface area contributed by atoms with Crippen LogP contribution >= 0.6 is 0 Å². The first-order valence-corrected chi connectivity index (χ1v) is 6.57. The highest BCUT2D eigenvalue weighted by atomic mass is 16.5. The van der Waals surface area contributed by atoms with E-state index in [0.29, 0.717) is 6.04 Å². The maximum Gasteiger partial charge on any atom is 0.123 e. The molecule has 102 valence electrons. The summed E-state index contributed by atoms with van der Waals surface area (Å²) in [5.74, 6) is 0.925. The minimum atomic E-state index is 0.238. The summed E-state index contributed by atoms with van der Waals surface area (Å²) in [7, 11) is 1.71. The number of hydrogen-bond donors (Lipinski definition) is 1. The number of methoxy groups -OCH3 is 1. The Hall–Kier alpha value is -1.81.